The highest BCUT2D eigenvalue weighted by atomic mass is 16.6. The zero-order chi connectivity index (χ0) is 17.9. The first-order chi connectivity index (χ1) is 11.3. The predicted molar refractivity (Wildman–Crippen MR) is 88.3 cm³/mol. The van der Waals surface area contributed by atoms with E-state index in [0.29, 0.717) is 11.1 Å². The van der Waals surface area contributed by atoms with Gasteiger partial charge in [-0.1, -0.05) is 12.1 Å². The zero-order valence-corrected chi connectivity index (χ0v) is 12.9. The van der Waals surface area contributed by atoms with E-state index in [2.05, 4.69) is 10.6 Å². The highest BCUT2D eigenvalue weighted by molar-refractivity contribution is 6.01. The second-order valence-electron chi connectivity index (χ2n) is 4.99. The number of urea groups is 1. The number of carbonyl (C=O) groups excluding carboxylic acids is 1. The summed E-state index contributed by atoms with van der Waals surface area (Å²) in [6.45, 7) is 3.04. The molecule has 9 heteroatoms. The van der Waals surface area contributed by atoms with Crippen molar-refractivity contribution < 1.29 is 14.6 Å². The standard InChI is InChI=1S/C15H14N4O5/c1-9-11(5-3-7-13(9)18(21)22)16-15(20)17-12-6-4-8-14(10(12)2)19(23)24/h3-8H,1-2H3,(H2,16,17,20). The van der Waals surface area contributed by atoms with Gasteiger partial charge in [-0.15, -0.1) is 0 Å². The molecule has 0 saturated carbocycles. The van der Waals surface area contributed by atoms with Gasteiger partial charge in [0.1, 0.15) is 0 Å². The van der Waals surface area contributed by atoms with Crippen LogP contribution in [-0.2, 0) is 0 Å². The van der Waals surface area contributed by atoms with Crippen LogP contribution in [0.1, 0.15) is 11.1 Å². The Hall–Kier alpha value is -3.49. The third-order valence-corrected chi connectivity index (χ3v) is 3.50. The molecule has 2 amide bonds. The molecule has 0 aliphatic rings. The molecule has 0 spiro atoms. The number of nitro groups is 2. The van der Waals surface area contributed by atoms with Crippen LogP contribution < -0.4 is 10.6 Å². The number of hydrogen-bond acceptors (Lipinski definition) is 5. The smallest absolute Gasteiger partial charge is 0.307 e. The molecule has 0 bridgehead atoms. The van der Waals surface area contributed by atoms with Gasteiger partial charge in [-0.25, -0.2) is 4.79 Å². The average Bonchev–Trinajstić information content (AvgIpc) is 2.50. The second-order valence-corrected chi connectivity index (χ2v) is 4.99. The van der Waals surface area contributed by atoms with E-state index >= 15 is 0 Å². The van der Waals surface area contributed by atoms with Crippen LogP contribution in [0.2, 0.25) is 0 Å². The quantitative estimate of drug-likeness (QED) is 0.651. The summed E-state index contributed by atoms with van der Waals surface area (Å²) >= 11 is 0. The molecule has 2 rings (SSSR count). The number of nitrogens with zero attached hydrogens (tertiary/aromatic N) is 2. The van der Waals surface area contributed by atoms with Gasteiger partial charge in [0.15, 0.2) is 0 Å². The van der Waals surface area contributed by atoms with Crippen molar-refractivity contribution in [2.75, 3.05) is 10.6 Å². The predicted octanol–water partition coefficient (Wildman–Crippen LogP) is 3.76. The highest BCUT2D eigenvalue weighted by Gasteiger charge is 2.17. The van der Waals surface area contributed by atoms with Gasteiger partial charge in [0.25, 0.3) is 11.4 Å². The molecule has 2 aromatic carbocycles. The van der Waals surface area contributed by atoms with E-state index < -0.39 is 15.9 Å². The van der Waals surface area contributed by atoms with Crippen LogP contribution in [0.25, 0.3) is 0 Å². The molecule has 0 fully saturated rings. The molecule has 0 radical (unpaired) electrons. The molecule has 24 heavy (non-hydrogen) atoms. The van der Waals surface area contributed by atoms with E-state index in [1.54, 1.807) is 0 Å². The SMILES string of the molecule is Cc1c(NC(=O)Nc2cccc([N+](=O)[O-])c2C)cccc1[N+](=O)[O-]. The molecule has 0 atom stereocenters. The Morgan fingerprint density at radius 1 is 0.833 bits per heavy atom. The van der Waals surface area contributed by atoms with Gasteiger partial charge in [0.2, 0.25) is 0 Å². The van der Waals surface area contributed by atoms with Gasteiger partial charge < -0.3 is 10.6 Å². The van der Waals surface area contributed by atoms with Crippen molar-refractivity contribution in [1.82, 2.24) is 0 Å². The van der Waals surface area contributed by atoms with E-state index in [9.17, 15) is 25.0 Å². The molecular formula is C15H14N4O5. The van der Waals surface area contributed by atoms with Crippen molar-refractivity contribution in [3.8, 4) is 0 Å². The van der Waals surface area contributed by atoms with E-state index in [1.165, 1.54) is 50.2 Å². The lowest BCUT2D eigenvalue weighted by atomic mass is 10.1. The summed E-state index contributed by atoms with van der Waals surface area (Å²) < 4.78 is 0. The maximum Gasteiger partial charge on any atom is 0.323 e. The minimum absolute atomic E-state index is 0.112. The van der Waals surface area contributed by atoms with Crippen LogP contribution in [0.3, 0.4) is 0 Å². The summed E-state index contributed by atoms with van der Waals surface area (Å²) in [4.78, 5) is 32.8. The normalized spacial score (nSPS) is 10.1. The Balaban J connectivity index is 2.21. The molecule has 0 aromatic heterocycles. The summed E-state index contributed by atoms with van der Waals surface area (Å²) in [6.07, 6.45) is 0. The molecule has 0 saturated heterocycles. The van der Waals surface area contributed by atoms with Gasteiger partial charge in [-0.2, -0.15) is 0 Å². The van der Waals surface area contributed by atoms with Crippen molar-refractivity contribution in [3.05, 3.63) is 67.8 Å². The maximum absolute atomic E-state index is 12.1. The van der Waals surface area contributed by atoms with Crippen molar-refractivity contribution >= 4 is 28.8 Å². The van der Waals surface area contributed by atoms with E-state index in [1.807, 2.05) is 0 Å². The third-order valence-electron chi connectivity index (χ3n) is 3.50. The third kappa shape index (κ3) is 3.46. The molecule has 0 aliphatic carbocycles. The van der Waals surface area contributed by atoms with E-state index in [-0.39, 0.29) is 22.7 Å². The average molecular weight is 330 g/mol. The van der Waals surface area contributed by atoms with Crippen LogP contribution in [-0.4, -0.2) is 15.9 Å². The minimum Gasteiger partial charge on any atom is -0.307 e. The fourth-order valence-electron chi connectivity index (χ4n) is 2.19. The van der Waals surface area contributed by atoms with Gasteiger partial charge >= 0.3 is 6.03 Å². The molecule has 0 unspecified atom stereocenters. The van der Waals surface area contributed by atoms with Crippen molar-refractivity contribution in [1.29, 1.82) is 0 Å². The Kier molecular flexibility index (Phi) is 4.73. The number of benzene rings is 2. The van der Waals surface area contributed by atoms with Gasteiger partial charge in [-0.05, 0) is 26.0 Å². The van der Waals surface area contributed by atoms with Crippen LogP contribution >= 0.6 is 0 Å². The largest absolute Gasteiger partial charge is 0.323 e. The Morgan fingerprint density at radius 3 is 1.54 bits per heavy atom. The van der Waals surface area contributed by atoms with Crippen molar-refractivity contribution in [3.63, 3.8) is 0 Å². The second kappa shape index (κ2) is 6.73. The van der Waals surface area contributed by atoms with Crippen LogP contribution in [0.15, 0.2) is 36.4 Å². The fourth-order valence-corrected chi connectivity index (χ4v) is 2.19. The van der Waals surface area contributed by atoms with Gasteiger partial charge in [0, 0.05) is 12.1 Å². The summed E-state index contributed by atoms with van der Waals surface area (Å²) in [7, 11) is 0. The van der Waals surface area contributed by atoms with Gasteiger partial charge in [-0.3, -0.25) is 20.2 Å². The van der Waals surface area contributed by atoms with E-state index in [4.69, 9.17) is 0 Å². The number of anilines is 2. The summed E-state index contributed by atoms with van der Waals surface area (Å²) in [6, 6.07) is 8.00. The first-order valence-electron chi connectivity index (χ1n) is 6.87. The first kappa shape index (κ1) is 16.9. The lowest BCUT2D eigenvalue weighted by molar-refractivity contribution is -0.385. The molecule has 0 heterocycles. The number of amides is 2. The number of nitrogens with one attached hydrogen (secondary N) is 2. The summed E-state index contributed by atoms with van der Waals surface area (Å²) in [5, 5.41) is 26.8. The molecular weight excluding hydrogens is 316 g/mol. The summed E-state index contributed by atoms with van der Waals surface area (Å²) in [5.41, 5.74) is 0.968. The van der Waals surface area contributed by atoms with E-state index in [0.717, 1.165) is 0 Å². The van der Waals surface area contributed by atoms with Crippen LogP contribution in [0.5, 0.6) is 0 Å². The zero-order valence-electron chi connectivity index (χ0n) is 12.9. The first-order valence-corrected chi connectivity index (χ1v) is 6.87. The monoisotopic (exact) mass is 330 g/mol. The van der Waals surface area contributed by atoms with Crippen LogP contribution in [0, 0.1) is 34.1 Å². The molecule has 9 nitrogen and oxygen atoms in total. The molecule has 2 N–H and O–H groups in total. The Bertz CT molecular complexity index is 767. The molecule has 2 aromatic rings. The minimum atomic E-state index is -0.651. The lowest BCUT2D eigenvalue weighted by Gasteiger charge is -2.11. The Labute approximate surface area is 136 Å². The molecule has 0 aliphatic heterocycles. The highest BCUT2D eigenvalue weighted by Crippen LogP contribution is 2.27. The number of hydrogen-bond donors (Lipinski definition) is 2. The lowest BCUT2D eigenvalue weighted by Crippen LogP contribution is -2.20. The van der Waals surface area contributed by atoms with Crippen molar-refractivity contribution in [2.45, 2.75) is 13.8 Å². The number of rotatable bonds is 4. The van der Waals surface area contributed by atoms with Gasteiger partial charge in [0.05, 0.1) is 32.3 Å². The van der Waals surface area contributed by atoms with Crippen molar-refractivity contribution in [2.24, 2.45) is 0 Å². The summed E-state index contributed by atoms with van der Waals surface area (Å²) in [5.74, 6) is 0. The topological polar surface area (TPSA) is 127 Å². The molecule has 124 valence electrons. The number of nitro benzene ring substituents is 2. The Morgan fingerprint density at radius 2 is 1.21 bits per heavy atom. The fraction of sp³-hybridized carbons (Fsp3) is 0.133. The maximum atomic E-state index is 12.1. The van der Waals surface area contributed by atoms with Crippen LogP contribution in [0.4, 0.5) is 27.5 Å². The number of carbonyl (C=O) groups is 1.